The standard InChI is InChI=1S/C15H22BrNO/c1-11-4-5-12(16)8-13(11)15(9-18-10-15)14(2,3)6-7-17/h4-5,8H,6-7,9-10,17H2,1-3H3. The molecule has 0 spiro atoms. The number of hydrogen-bond donors (Lipinski definition) is 1. The van der Waals surface area contributed by atoms with E-state index in [1.54, 1.807) is 0 Å². The first kappa shape index (κ1) is 14.0. The lowest BCUT2D eigenvalue weighted by Crippen LogP contribution is -2.57. The van der Waals surface area contributed by atoms with Crippen LogP contribution in [0.3, 0.4) is 0 Å². The van der Waals surface area contributed by atoms with Crippen molar-refractivity contribution >= 4 is 15.9 Å². The monoisotopic (exact) mass is 311 g/mol. The molecule has 2 N–H and O–H groups in total. The van der Waals surface area contributed by atoms with Crippen LogP contribution >= 0.6 is 15.9 Å². The van der Waals surface area contributed by atoms with Gasteiger partial charge >= 0.3 is 0 Å². The average molecular weight is 312 g/mol. The van der Waals surface area contributed by atoms with Crippen molar-refractivity contribution in [3.63, 3.8) is 0 Å². The van der Waals surface area contributed by atoms with Crippen molar-refractivity contribution in [2.24, 2.45) is 11.1 Å². The Morgan fingerprint density at radius 2 is 2.06 bits per heavy atom. The Morgan fingerprint density at radius 1 is 1.39 bits per heavy atom. The molecule has 0 atom stereocenters. The third-order valence-corrected chi connectivity index (χ3v) is 4.97. The zero-order valence-electron chi connectivity index (χ0n) is 11.4. The third kappa shape index (κ3) is 2.13. The number of benzene rings is 1. The van der Waals surface area contributed by atoms with E-state index < -0.39 is 0 Å². The van der Waals surface area contributed by atoms with Gasteiger partial charge in [0.1, 0.15) is 0 Å². The number of nitrogens with two attached hydrogens (primary N) is 1. The highest BCUT2D eigenvalue weighted by Gasteiger charge is 2.52. The van der Waals surface area contributed by atoms with Gasteiger partial charge in [-0.1, -0.05) is 35.8 Å². The molecule has 0 saturated carbocycles. The van der Waals surface area contributed by atoms with Gasteiger partial charge in [-0.15, -0.1) is 0 Å². The Hall–Kier alpha value is -0.380. The van der Waals surface area contributed by atoms with E-state index in [2.05, 4.69) is 54.9 Å². The van der Waals surface area contributed by atoms with Crippen LogP contribution in [0.1, 0.15) is 31.4 Å². The van der Waals surface area contributed by atoms with Crippen molar-refractivity contribution in [2.45, 2.75) is 32.6 Å². The lowest BCUT2D eigenvalue weighted by molar-refractivity contribution is -0.121. The maximum atomic E-state index is 5.79. The summed E-state index contributed by atoms with van der Waals surface area (Å²) >= 11 is 3.58. The largest absolute Gasteiger partial charge is 0.379 e. The van der Waals surface area contributed by atoms with E-state index in [-0.39, 0.29) is 10.8 Å². The van der Waals surface area contributed by atoms with Crippen LogP contribution in [0.5, 0.6) is 0 Å². The lowest BCUT2D eigenvalue weighted by atomic mass is 9.58. The molecule has 1 aliphatic rings. The van der Waals surface area contributed by atoms with Crippen LogP contribution in [-0.2, 0) is 10.2 Å². The molecule has 0 bridgehead atoms. The Labute approximate surface area is 118 Å². The van der Waals surface area contributed by atoms with Crippen LogP contribution in [0.4, 0.5) is 0 Å². The zero-order valence-corrected chi connectivity index (χ0v) is 13.0. The van der Waals surface area contributed by atoms with Gasteiger partial charge in [0, 0.05) is 9.89 Å². The van der Waals surface area contributed by atoms with Gasteiger partial charge in [-0.05, 0) is 48.6 Å². The molecule has 2 nitrogen and oxygen atoms in total. The first-order chi connectivity index (χ1) is 8.43. The second-order valence-electron chi connectivity index (χ2n) is 5.96. The summed E-state index contributed by atoms with van der Waals surface area (Å²) in [7, 11) is 0. The Bertz CT molecular complexity index is 438. The van der Waals surface area contributed by atoms with E-state index in [1.807, 2.05) is 0 Å². The SMILES string of the molecule is Cc1ccc(Br)cc1C1(C(C)(C)CCN)COC1. The summed E-state index contributed by atoms with van der Waals surface area (Å²) in [6.07, 6.45) is 1.02. The average Bonchev–Trinajstić information content (AvgIpc) is 2.21. The maximum absolute atomic E-state index is 5.79. The molecule has 0 aliphatic carbocycles. The normalized spacial score (nSPS) is 18.5. The number of halogens is 1. The molecule has 1 fully saturated rings. The highest BCUT2D eigenvalue weighted by atomic mass is 79.9. The second-order valence-corrected chi connectivity index (χ2v) is 6.87. The molecular formula is C15H22BrNO. The minimum atomic E-state index is 0.111. The number of rotatable bonds is 4. The molecule has 1 saturated heterocycles. The van der Waals surface area contributed by atoms with Gasteiger partial charge in [0.25, 0.3) is 0 Å². The van der Waals surface area contributed by atoms with Gasteiger partial charge < -0.3 is 10.5 Å². The molecule has 18 heavy (non-hydrogen) atoms. The minimum Gasteiger partial charge on any atom is -0.379 e. The van der Waals surface area contributed by atoms with Crippen LogP contribution in [0.2, 0.25) is 0 Å². The van der Waals surface area contributed by atoms with E-state index in [0.717, 1.165) is 30.7 Å². The summed E-state index contributed by atoms with van der Waals surface area (Å²) in [5.74, 6) is 0. The number of aryl methyl sites for hydroxylation is 1. The van der Waals surface area contributed by atoms with Gasteiger partial charge in [-0.25, -0.2) is 0 Å². The van der Waals surface area contributed by atoms with E-state index in [1.165, 1.54) is 11.1 Å². The molecule has 1 aliphatic heterocycles. The van der Waals surface area contributed by atoms with Gasteiger partial charge in [-0.2, -0.15) is 0 Å². The number of ether oxygens (including phenoxy) is 1. The van der Waals surface area contributed by atoms with Crippen molar-refractivity contribution in [3.05, 3.63) is 33.8 Å². The first-order valence-corrected chi connectivity index (χ1v) is 7.27. The summed E-state index contributed by atoms with van der Waals surface area (Å²) < 4.78 is 6.70. The topological polar surface area (TPSA) is 35.2 Å². The predicted octanol–water partition coefficient (Wildman–Crippen LogP) is 3.40. The summed E-state index contributed by atoms with van der Waals surface area (Å²) in [6, 6.07) is 6.52. The summed E-state index contributed by atoms with van der Waals surface area (Å²) in [5.41, 5.74) is 8.80. The fourth-order valence-corrected chi connectivity index (χ4v) is 3.29. The minimum absolute atomic E-state index is 0.111. The van der Waals surface area contributed by atoms with Crippen LogP contribution in [0.15, 0.2) is 22.7 Å². The lowest BCUT2D eigenvalue weighted by Gasteiger charge is -2.53. The summed E-state index contributed by atoms with van der Waals surface area (Å²) in [6.45, 7) is 9.13. The molecule has 1 aromatic carbocycles. The van der Waals surface area contributed by atoms with Crippen molar-refractivity contribution in [3.8, 4) is 0 Å². The van der Waals surface area contributed by atoms with E-state index >= 15 is 0 Å². The fourth-order valence-electron chi connectivity index (χ4n) is 2.93. The molecule has 2 rings (SSSR count). The van der Waals surface area contributed by atoms with E-state index in [4.69, 9.17) is 10.5 Å². The molecule has 0 aromatic heterocycles. The molecule has 1 heterocycles. The van der Waals surface area contributed by atoms with Crippen molar-refractivity contribution in [1.29, 1.82) is 0 Å². The molecular weight excluding hydrogens is 290 g/mol. The quantitative estimate of drug-likeness (QED) is 0.925. The molecule has 1 aromatic rings. The van der Waals surface area contributed by atoms with Crippen LogP contribution in [0.25, 0.3) is 0 Å². The molecule has 0 unspecified atom stereocenters. The molecule has 0 amide bonds. The predicted molar refractivity (Wildman–Crippen MR) is 78.8 cm³/mol. The van der Waals surface area contributed by atoms with Crippen LogP contribution < -0.4 is 5.73 Å². The van der Waals surface area contributed by atoms with E-state index in [9.17, 15) is 0 Å². The second kappa shape index (κ2) is 4.95. The van der Waals surface area contributed by atoms with Crippen molar-refractivity contribution in [2.75, 3.05) is 19.8 Å². The maximum Gasteiger partial charge on any atom is 0.0590 e. The smallest absolute Gasteiger partial charge is 0.0590 e. The third-order valence-electron chi connectivity index (χ3n) is 4.48. The highest BCUT2D eigenvalue weighted by Crippen LogP contribution is 2.50. The zero-order chi connectivity index (χ0) is 13.4. The van der Waals surface area contributed by atoms with Crippen LogP contribution in [-0.4, -0.2) is 19.8 Å². The van der Waals surface area contributed by atoms with Gasteiger partial charge in [0.2, 0.25) is 0 Å². The summed E-state index contributed by atoms with van der Waals surface area (Å²) in [4.78, 5) is 0. The molecule has 3 heteroatoms. The van der Waals surface area contributed by atoms with E-state index in [0.29, 0.717) is 0 Å². The molecule has 0 radical (unpaired) electrons. The highest BCUT2D eigenvalue weighted by molar-refractivity contribution is 9.10. The van der Waals surface area contributed by atoms with Crippen molar-refractivity contribution < 1.29 is 4.74 Å². The molecule has 100 valence electrons. The van der Waals surface area contributed by atoms with Crippen LogP contribution in [0, 0.1) is 12.3 Å². The fraction of sp³-hybridized carbons (Fsp3) is 0.600. The Kier molecular flexibility index (Phi) is 3.86. The summed E-state index contributed by atoms with van der Waals surface area (Å²) in [5, 5.41) is 0. The van der Waals surface area contributed by atoms with Gasteiger partial charge in [0.05, 0.1) is 13.2 Å². The van der Waals surface area contributed by atoms with Gasteiger partial charge in [0.15, 0.2) is 0 Å². The van der Waals surface area contributed by atoms with Gasteiger partial charge in [-0.3, -0.25) is 0 Å². The Morgan fingerprint density at radius 3 is 2.56 bits per heavy atom. The number of hydrogen-bond acceptors (Lipinski definition) is 2. The first-order valence-electron chi connectivity index (χ1n) is 6.47. The van der Waals surface area contributed by atoms with Crippen molar-refractivity contribution in [1.82, 2.24) is 0 Å². The Balaban J connectivity index is 2.47.